The van der Waals surface area contributed by atoms with Gasteiger partial charge in [-0.3, -0.25) is 0 Å². The van der Waals surface area contributed by atoms with Crippen molar-refractivity contribution < 1.29 is 13.2 Å². The normalized spacial score (nSPS) is 23.5. The molecule has 0 saturated carbocycles. The maximum absolute atomic E-state index is 12.0. The minimum Gasteiger partial charge on any atom is -0.383 e. The van der Waals surface area contributed by atoms with Crippen molar-refractivity contribution in [1.29, 1.82) is 0 Å². The average Bonchev–Trinajstić information content (AvgIpc) is 2.71. The van der Waals surface area contributed by atoms with Gasteiger partial charge in [0.05, 0.1) is 11.9 Å². The Hall–Kier alpha value is -0.170. The molecular formula is C10H22N2O3S. The third-order valence-corrected chi connectivity index (χ3v) is 4.73. The first kappa shape index (κ1) is 13.9. The van der Waals surface area contributed by atoms with E-state index in [1.54, 1.807) is 7.11 Å². The lowest BCUT2D eigenvalue weighted by atomic mass is 10.2. The summed E-state index contributed by atoms with van der Waals surface area (Å²) < 4.78 is 31.7. The lowest BCUT2D eigenvalue weighted by Gasteiger charge is -2.19. The Morgan fingerprint density at radius 1 is 1.56 bits per heavy atom. The summed E-state index contributed by atoms with van der Waals surface area (Å²) in [4.78, 5) is 0. The second-order valence-electron chi connectivity index (χ2n) is 4.22. The van der Waals surface area contributed by atoms with Crippen LogP contribution in [0.3, 0.4) is 0 Å². The summed E-state index contributed by atoms with van der Waals surface area (Å²) in [6, 6.07) is -0.0967. The van der Waals surface area contributed by atoms with Crippen molar-refractivity contribution in [2.45, 2.75) is 37.5 Å². The van der Waals surface area contributed by atoms with Crippen LogP contribution in [0.15, 0.2) is 0 Å². The molecule has 0 aromatic rings. The molecule has 96 valence electrons. The SMILES string of the molecule is CCCC(COC)NS(=O)(=O)C1CCNC1. The summed E-state index contributed by atoms with van der Waals surface area (Å²) >= 11 is 0. The molecule has 2 unspecified atom stereocenters. The Kier molecular flexibility index (Phi) is 5.68. The van der Waals surface area contributed by atoms with Crippen LogP contribution < -0.4 is 10.0 Å². The van der Waals surface area contributed by atoms with Crippen LogP contribution in [0.1, 0.15) is 26.2 Å². The van der Waals surface area contributed by atoms with Crippen LogP contribution in [0, 0.1) is 0 Å². The molecule has 16 heavy (non-hydrogen) atoms. The van der Waals surface area contributed by atoms with Crippen molar-refractivity contribution in [2.75, 3.05) is 26.8 Å². The standard InChI is InChI=1S/C10H22N2O3S/c1-3-4-9(8-15-2)12-16(13,14)10-5-6-11-7-10/h9-12H,3-8H2,1-2H3. The summed E-state index contributed by atoms with van der Waals surface area (Å²) in [6.07, 6.45) is 2.45. The first-order valence-corrected chi connectivity index (χ1v) is 7.35. The van der Waals surface area contributed by atoms with Gasteiger partial charge in [-0.15, -0.1) is 0 Å². The summed E-state index contributed by atoms with van der Waals surface area (Å²) in [5.41, 5.74) is 0. The highest BCUT2D eigenvalue weighted by atomic mass is 32.2. The number of hydrogen-bond donors (Lipinski definition) is 2. The zero-order valence-electron chi connectivity index (χ0n) is 10.0. The lowest BCUT2D eigenvalue weighted by Crippen LogP contribution is -2.43. The fraction of sp³-hybridized carbons (Fsp3) is 1.00. The van der Waals surface area contributed by atoms with Gasteiger partial charge in [-0.05, 0) is 19.4 Å². The van der Waals surface area contributed by atoms with Crippen molar-refractivity contribution in [3.63, 3.8) is 0 Å². The van der Waals surface area contributed by atoms with E-state index in [4.69, 9.17) is 4.74 Å². The van der Waals surface area contributed by atoms with Gasteiger partial charge in [-0.25, -0.2) is 13.1 Å². The molecule has 1 fully saturated rings. The molecular weight excluding hydrogens is 228 g/mol. The van der Waals surface area contributed by atoms with E-state index in [-0.39, 0.29) is 11.3 Å². The number of nitrogens with one attached hydrogen (secondary N) is 2. The Labute approximate surface area is 98.0 Å². The van der Waals surface area contributed by atoms with Gasteiger partial charge in [0.1, 0.15) is 0 Å². The Balaban J connectivity index is 2.54. The van der Waals surface area contributed by atoms with Gasteiger partial charge in [0.25, 0.3) is 0 Å². The van der Waals surface area contributed by atoms with E-state index in [0.717, 1.165) is 19.4 Å². The van der Waals surface area contributed by atoms with E-state index in [1.165, 1.54) is 0 Å². The monoisotopic (exact) mass is 250 g/mol. The van der Waals surface area contributed by atoms with E-state index >= 15 is 0 Å². The minimum absolute atomic E-state index is 0.0967. The molecule has 2 atom stereocenters. The molecule has 2 N–H and O–H groups in total. The maximum atomic E-state index is 12.0. The van der Waals surface area contributed by atoms with E-state index < -0.39 is 10.0 Å². The molecule has 0 spiro atoms. The quantitative estimate of drug-likeness (QED) is 0.671. The topological polar surface area (TPSA) is 67.4 Å². The van der Waals surface area contributed by atoms with Gasteiger partial charge in [0.15, 0.2) is 0 Å². The molecule has 0 aromatic carbocycles. The van der Waals surface area contributed by atoms with Gasteiger partial charge < -0.3 is 10.1 Å². The highest BCUT2D eigenvalue weighted by Gasteiger charge is 2.30. The van der Waals surface area contributed by atoms with E-state index in [1.807, 2.05) is 6.92 Å². The van der Waals surface area contributed by atoms with Crippen LogP contribution in [-0.4, -0.2) is 46.5 Å². The molecule has 6 heteroatoms. The number of sulfonamides is 1. The third kappa shape index (κ3) is 4.01. The van der Waals surface area contributed by atoms with Crippen molar-refractivity contribution in [1.82, 2.24) is 10.0 Å². The molecule has 1 saturated heterocycles. The summed E-state index contributed by atoms with van der Waals surface area (Å²) in [7, 11) is -1.60. The molecule has 1 heterocycles. The zero-order valence-corrected chi connectivity index (χ0v) is 10.8. The zero-order chi connectivity index (χ0) is 12.0. The predicted molar refractivity (Wildman–Crippen MR) is 63.9 cm³/mol. The first-order valence-electron chi connectivity index (χ1n) is 5.81. The molecule has 0 aliphatic carbocycles. The van der Waals surface area contributed by atoms with Crippen LogP contribution in [-0.2, 0) is 14.8 Å². The van der Waals surface area contributed by atoms with Crippen LogP contribution in [0.25, 0.3) is 0 Å². The summed E-state index contributed by atoms with van der Waals surface area (Å²) in [5, 5.41) is 2.78. The first-order chi connectivity index (χ1) is 7.60. The average molecular weight is 250 g/mol. The molecule has 0 amide bonds. The second-order valence-corrected chi connectivity index (χ2v) is 6.21. The van der Waals surface area contributed by atoms with Gasteiger partial charge in [-0.2, -0.15) is 0 Å². The van der Waals surface area contributed by atoms with Gasteiger partial charge in [0, 0.05) is 19.7 Å². The highest BCUT2D eigenvalue weighted by molar-refractivity contribution is 7.90. The molecule has 5 nitrogen and oxygen atoms in total. The molecule has 1 aliphatic heterocycles. The van der Waals surface area contributed by atoms with Crippen molar-refractivity contribution in [2.24, 2.45) is 0 Å². The molecule has 0 radical (unpaired) electrons. The smallest absolute Gasteiger partial charge is 0.216 e. The summed E-state index contributed by atoms with van der Waals surface area (Å²) in [5.74, 6) is 0. The number of hydrogen-bond acceptors (Lipinski definition) is 4. The fourth-order valence-corrected chi connectivity index (χ4v) is 3.56. The van der Waals surface area contributed by atoms with E-state index in [0.29, 0.717) is 19.6 Å². The predicted octanol–water partition coefficient (Wildman–Crippen LogP) is 0.0828. The Morgan fingerprint density at radius 3 is 2.81 bits per heavy atom. The van der Waals surface area contributed by atoms with Crippen molar-refractivity contribution in [3.05, 3.63) is 0 Å². The Morgan fingerprint density at radius 2 is 2.31 bits per heavy atom. The lowest BCUT2D eigenvalue weighted by molar-refractivity contribution is 0.171. The number of methoxy groups -OCH3 is 1. The van der Waals surface area contributed by atoms with Crippen LogP contribution in [0.2, 0.25) is 0 Å². The molecule has 1 aliphatic rings. The van der Waals surface area contributed by atoms with Crippen molar-refractivity contribution in [3.8, 4) is 0 Å². The largest absolute Gasteiger partial charge is 0.383 e. The second kappa shape index (κ2) is 6.54. The van der Waals surface area contributed by atoms with Gasteiger partial charge in [-0.1, -0.05) is 13.3 Å². The van der Waals surface area contributed by atoms with Crippen molar-refractivity contribution >= 4 is 10.0 Å². The van der Waals surface area contributed by atoms with Gasteiger partial charge >= 0.3 is 0 Å². The highest BCUT2D eigenvalue weighted by Crippen LogP contribution is 2.10. The van der Waals surface area contributed by atoms with Gasteiger partial charge in [0.2, 0.25) is 10.0 Å². The van der Waals surface area contributed by atoms with Crippen LogP contribution in [0.4, 0.5) is 0 Å². The van der Waals surface area contributed by atoms with E-state index in [9.17, 15) is 8.42 Å². The van der Waals surface area contributed by atoms with E-state index in [2.05, 4.69) is 10.0 Å². The maximum Gasteiger partial charge on any atom is 0.216 e. The van der Waals surface area contributed by atoms with Crippen LogP contribution >= 0.6 is 0 Å². The molecule has 0 aromatic heterocycles. The van der Waals surface area contributed by atoms with Crippen LogP contribution in [0.5, 0.6) is 0 Å². The number of rotatable bonds is 7. The summed E-state index contributed by atoms with van der Waals surface area (Å²) in [6.45, 7) is 3.82. The third-order valence-electron chi connectivity index (χ3n) is 2.79. The molecule has 0 bridgehead atoms. The fourth-order valence-electron chi connectivity index (χ4n) is 1.95. The minimum atomic E-state index is -3.20. The molecule has 1 rings (SSSR count). The number of ether oxygens (including phenoxy) is 1. The Bertz CT molecular complexity index is 280.